The number of methoxy groups -OCH3 is 1. The van der Waals surface area contributed by atoms with Crippen LogP contribution in [0.4, 0.5) is 0 Å². The number of benzene rings is 1. The maximum absolute atomic E-state index is 12.8. The first-order chi connectivity index (χ1) is 14.2. The third kappa shape index (κ3) is 5.13. The average molecular weight is 411 g/mol. The largest absolute Gasteiger partial charge is 0.497 e. The minimum absolute atomic E-state index is 0.0264. The number of nitrogens with one attached hydrogen (secondary N) is 1. The van der Waals surface area contributed by atoms with Crippen LogP contribution in [0.5, 0.6) is 5.75 Å². The van der Waals surface area contributed by atoms with E-state index in [2.05, 4.69) is 22.4 Å². The molecule has 1 aromatic carbocycles. The molecule has 2 aliphatic carbocycles. The first-order valence-corrected chi connectivity index (χ1v) is 11.7. The molecule has 1 heterocycles. The summed E-state index contributed by atoms with van der Waals surface area (Å²) in [5.41, 5.74) is 2.02. The number of thioether (sulfide) groups is 1. The Kier molecular flexibility index (Phi) is 6.75. The van der Waals surface area contributed by atoms with Crippen LogP contribution in [-0.2, 0) is 6.42 Å². The molecule has 3 atom stereocenters. The molecule has 1 aromatic heterocycles. The fraction of sp³-hybridized carbons (Fsp3) is 0.500. The highest BCUT2D eigenvalue weighted by Crippen LogP contribution is 2.47. The Balaban J connectivity index is 1.25. The van der Waals surface area contributed by atoms with Crippen LogP contribution in [0.3, 0.4) is 0 Å². The number of rotatable bonds is 9. The fourth-order valence-electron chi connectivity index (χ4n) is 4.86. The standard InChI is InChI=1S/C24H30N2O2S/c1-28-21-10-7-17(8-11-21)4-3-13-29-24-22(5-2-12-25-24)23(27)26-16-20-15-18-6-9-19(20)14-18/h2,5,7-8,10-12,18-20H,3-4,6,9,13-16H2,1H3,(H,26,27). The van der Waals surface area contributed by atoms with E-state index in [1.54, 1.807) is 25.1 Å². The predicted molar refractivity (Wildman–Crippen MR) is 118 cm³/mol. The summed E-state index contributed by atoms with van der Waals surface area (Å²) in [5, 5.41) is 4.03. The molecule has 3 unspecified atom stereocenters. The van der Waals surface area contributed by atoms with Gasteiger partial charge in [0.25, 0.3) is 5.91 Å². The third-order valence-corrected chi connectivity index (χ3v) is 7.52. The number of nitrogens with zero attached hydrogens (tertiary/aromatic N) is 1. The zero-order valence-corrected chi connectivity index (χ0v) is 17.9. The van der Waals surface area contributed by atoms with Crippen molar-refractivity contribution in [2.45, 2.75) is 43.6 Å². The number of pyridine rings is 1. The van der Waals surface area contributed by atoms with Crippen LogP contribution < -0.4 is 10.1 Å². The summed E-state index contributed by atoms with van der Waals surface area (Å²) in [6.07, 6.45) is 9.25. The van der Waals surface area contributed by atoms with Crippen molar-refractivity contribution in [3.05, 3.63) is 53.7 Å². The normalized spacial score (nSPS) is 22.6. The third-order valence-electron chi connectivity index (χ3n) is 6.43. The topological polar surface area (TPSA) is 51.2 Å². The van der Waals surface area contributed by atoms with Gasteiger partial charge in [0.15, 0.2) is 0 Å². The lowest BCUT2D eigenvalue weighted by molar-refractivity contribution is 0.0938. The highest BCUT2D eigenvalue weighted by Gasteiger charge is 2.39. The summed E-state index contributed by atoms with van der Waals surface area (Å²) >= 11 is 1.68. The molecule has 2 bridgehead atoms. The summed E-state index contributed by atoms with van der Waals surface area (Å²) in [6.45, 7) is 0.816. The van der Waals surface area contributed by atoms with E-state index in [0.29, 0.717) is 11.5 Å². The first kappa shape index (κ1) is 20.3. The monoisotopic (exact) mass is 410 g/mol. The number of carbonyl (C=O) groups excluding carboxylic acids is 1. The number of aryl methyl sites for hydroxylation is 1. The number of hydrogen-bond donors (Lipinski definition) is 1. The second-order valence-corrected chi connectivity index (χ2v) is 9.38. The molecule has 2 saturated carbocycles. The van der Waals surface area contributed by atoms with Crippen molar-refractivity contribution < 1.29 is 9.53 Å². The minimum Gasteiger partial charge on any atom is -0.497 e. The smallest absolute Gasteiger partial charge is 0.254 e. The number of amides is 1. The second kappa shape index (κ2) is 9.66. The van der Waals surface area contributed by atoms with Crippen LogP contribution in [-0.4, -0.2) is 30.3 Å². The quantitative estimate of drug-likeness (QED) is 0.468. The molecule has 0 saturated heterocycles. The van der Waals surface area contributed by atoms with Gasteiger partial charge < -0.3 is 10.1 Å². The molecular weight excluding hydrogens is 380 g/mol. The lowest BCUT2D eigenvalue weighted by atomic mass is 9.89. The van der Waals surface area contributed by atoms with Crippen molar-refractivity contribution in [2.24, 2.45) is 17.8 Å². The molecule has 154 valence electrons. The van der Waals surface area contributed by atoms with Crippen LogP contribution in [0.25, 0.3) is 0 Å². The molecule has 5 heteroatoms. The molecule has 4 rings (SSSR count). The van der Waals surface area contributed by atoms with Crippen molar-refractivity contribution in [3.8, 4) is 5.75 Å². The Morgan fingerprint density at radius 1 is 1.21 bits per heavy atom. The Bertz CT molecular complexity index is 824. The van der Waals surface area contributed by atoms with Gasteiger partial charge in [0, 0.05) is 12.7 Å². The first-order valence-electron chi connectivity index (χ1n) is 10.7. The average Bonchev–Trinajstić information content (AvgIpc) is 3.39. The van der Waals surface area contributed by atoms with Gasteiger partial charge in [0.1, 0.15) is 10.8 Å². The Labute approximate surface area is 177 Å². The molecule has 0 radical (unpaired) electrons. The maximum Gasteiger partial charge on any atom is 0.254 e. The number of aromatic nitrogens is 1. The van der Waals surface area contributed by atoms with E-state index in [-0.39, 0.29) is 5.91 Å². The van der Waals surface area contributed by atoms with E-state index in [1.165, 1.54) is 31.2 Å². The molecule has 4 nitrogen and oxygen atoms in total. The van der Waals surface area contributed by atoms with Crippen molar-refractivity contribution in [1.29, 1.82) is 0 Å². The van der Waals surface area contributed by atoms with E-state index in [0.717, 1.165) is 47.8 Å². The molecule has 29 heavy (non-hydrogen) atoms. The van der Waals surface area contributed by atoms with Crippen molar-refractivity contribution in [1.82, 2.24) is 10.3 Å². The molecule has 2 aromatic rings. The number of carbonyl (C=O) groups is 1. The fourth-order valence-corrected chi connectivity index (χ4v) is 5.80. The lowest BCUT2D eigenvalue weighted by Crippen LogP contribution is -2.32. The lowest BCUT2D eigenvalue weighted by Gasteiger charge is -2.22. The van der Waals surface area contributed by atoms with Crippen molar-refractivity contribution in [2.75, 3.05) is 19.4 Å². The molecule has 0 aliphatic heterocycles. The summed E-state index contributed by atoms with van der Waals surface area (Å²) in [7, 11) is 1.68. The van der Waals surface area contributed by atoms with Crippen molar-refractivity contribution >= 4 is 17.7 Å². The van der Waals surface area contributed by atoms with E-state index < -0.39 is 0 Å². The van der Waals surface area contributed by atoms with Crippen LogP contribution in [0.15, 0.2) is 47.6 Å². The number of hydrogen-bond acceptors (Lipinski definition) is 4. The van der Waals surface area contributed by atoms with Gasteiger partial charge in [-0.1, -0.05) is 18.6 Å². The van der Waals surface area contributed by atoms with Gasteiger partial charge in [-0.25, -0.2) is 4.98 Å². The zero-order valence-electron chi connectivity index (χ0n) is 17.1. The Hall–Kier alpha value is -2.01. The SMILES string of the molecule is COc1ccc(CCCSc2ncccc2C(=O)NCC2CC3CCC2C3)cc1. The Morgan fingerprint density at radius 3 is 2.79 bits per heavy atom. The van der Waals surface area contributed by atoms with E-state index in [4.69, 9.17) is 4.74 Å². The molecule has 1 N–H and O–H groups in total. The Morgan fingerprint density at radius 2 is 2.07 bits per heavy atom. The van der Waals surface area contributed by atoms with E-state index in [1.807, 2.05) is 24.3 Å². The van der Waals surface area contributed by atoms with Gasteiger partial charge >= 0.3 is 0 Å². The van der Waals surface area contributed by atoms with Gasteiger partial charge in [0.2, 0.25) is 0 Å². The predicted octanol–water partition coefficient (Wildman–Crippen LogP) is 4.98. The maximum atomic E-state index is 12.8. The van der Waals surface area contributed by atoms with Crippen LogP contribution in [0.1, 0.15) is 48.0 Å². The number of fused-ring (bicyclic) bond motifs is 2. The summed E-state index contributed by atoms with van der Waals surface area (Å²) in [4.78, 5) is 17.2. The summed E-state index contributed by atoms with van der Waals surface area (Å²) < 4.78 is 5.20. The number of ether oxygens (including phenoxy) is 1. The van der Waals surface area contributed by atoms with Crippen LogP contribution >= 0.6 is 11.8 Å². The van der Waals surface area contributed by atoms with E-state index in [9.17, 15) is 4.79 Å². The van der Waals surface area contributed by atoms with Gasteiger partial charge in [-0.15, -0.1) is 11.8 Å². The van der Waals surface area contributed by atoms with Crippen LogP contribution in [0, 0.1) is 17.8 Å². The molecular formula is C24H30N2O2S. The molecule has 0 spiro atoms. The highest BCUT2D eigenvalue weighted by atomic mass is 32.2. The second-order valence-electron chi connectivity index (χ2n) is 8.30. The molecule has 1 amide bonds. The van der Waals surface area contributed by atoms with E-state index >= 15 is 0 Å². The van der Waals surface area contributed by atoms with Gasteiger partial charge in [-0.2, -0.15) is 0 Å². The van der Waals surface area contributed by atoms with Gasteiger partial charge in [-0.3, -0.25) is 4.79 Å². The zero-order chi connectivity index (χ0) is 20.1. The summed E-state index contributed by atoms with van der Waals surface area (Å²) in [6, 6.07) is 12.0. The summed E-state index contributed by atoms with van der Waals surface area (Å²) in [5.74, 6) is 4.28. The van der Waals surface area contributed by atoms with Crippen molar-refractivity contribution in [3.63, 3.8) is 0 Å². The van der Waals surface area contributed by atoms with Gasteiger partial charge in [-0.05, 0) is 85.4 Å². The van der Waals surface area contributed by atoms with Gasteiger partial charge in [0.05, 0.1) is 12.7 Å². The molecule has 2 fully saturated rings. The highest BCUT2D eigenvalue weighted by molar-refractivity contribution is 7.99. The minimum atomic E-state index is 0.0264. The van der Waals surface area contributed by atoms with Crippen LogP contribution in [0.2, 0.25) is 0 Å². The molecule has 2 aliphatic rings.